The van der Waals surface area contributed by atoms with Crippen molar-refractivity contribution >= 4 is 5.91 Å². The van der Waals surface area contributed by atoms with Crippen LogP contribution in [0.25, 0.3) is 0 Å². The third-order valence-electron chi connectivity index (χ3n) is 4.50. The molecule has 0 spiro atoms. The molecule has 4 heteroatoms. The van der Waals surface area contributed by atoms with Crippen molar-refractivity contribution in [3.05, 3.63) is 0 Å². The minimum atomic E-state index is -0.150. The second-order valence-electron chi connectivity index (χ2n) is 6.12. The number of nitrogens with two attached hydrogens (primary N) is 1. The van der Waals surface area contributed by atoms with Gasteiger partial charge in [0.25, 0.3) is 0 Å². The Morgan fingerprint density at radius 1 is 1.39 bits per heavy atom. The molecule has 2 N–H and O–H groups in total. The van der Waals surface area contributed by atoms with E-state index < -0.39 is 0 Å². The maximum atomic E-state index is 12.8. The summed E-state index contributed by atoms with van der Waals surface area (Å²) in [5, 5.41) is 0. The molecule has 2 atom stereocenters. The summed E-state index contributed by atoms with van der Waals surface area (Å²) in [7, 11) is 0. The van der Waals surface area contributed by atoms with Gasteiger partial charge in [-0.3, -0.25) is 4.79 Å². The lowest BCUT2D eigenvalue weighted by molar-refractivity contribution is -0.155. The molecular formula is C14H26N2O2. The number of nitrogens with zero attached hydrogens (tertiary/aromatic N) is 1. The normalized spacial score (nSPS) is 32.3. The Labute approximate surface area is 110 Å². The van der Waals surface area contributed by atoms with Gasteiger partial charge in [-0.25, -0.2) is 0 Å². The highest BCUT2D eigenvalue weighted by Gasteiger charge is 2.41. The maximum absolute atomic E-state index is 12.8. The molecule has 18 heavy (non-hydrogen) atoms. The lowest BCUT2D eigenvalue weighted by Crippen LogP contribution is -2.56. The molecule has 0 aromatic carbocycles. The smallest absolute Gasteiger partial charge is 0.228 e. The fraction of sp³-hybridized carbons (Fsp3) is 0.929. The number of hydrogen-bond acceptors (Lipinski definition) is 3. The molecule has 1 amide bonds. The van der Waals surface area contributed by atoms with Crippen LogP contribution in [0, 0.1) is 5.41 Å². The molecule has 0 aromatic rings. The van der Waals surface area contributed by atoms with Gasteiger partial charge in [0.1, 0.15) is 0 Å². The fourth-order valence-corrected chi connectivity index (χ4v) is 3.14. The van der Waals surface area contributed by atoms with E-state index >= 15 is 0 Å². The van der Waals surface area contributed by atoms with Gasteiger partial charge in [0.15, 0.2) is 0 Å². The van der Waals surface area contributed by atoms with E-state index in [9.17, 15) is 4.79 Å². The molecule has 2 aliphatic rings. The lowest BCUT2D eigenvalue weighted by Gasteiger charge is -2.43. The van der Waals surface area contributed by atoms with Crippen LogP contribution in [-0.4, -0.2) is 42.6 Å². The molecule has 0 radical (unpaired) electrons. The molecule has 1 aliphatic carbocycles. The first-order valence-electron chi connectivity index (χ1n) is 7.19. The zero-order chi connectivity index (χ0) is 13.2. The average molecular weight is 254 g/mol. The highest BCUT2D eigenvalue weighted by atomic mass is 16.5. The summed E-state index contributed by atoms with van der Waals surface area (Å²) in [5.41, 5.74) is 5.51. The van der Waals surface area contributed by atoms with E-state index in [1.54, 1.807) is 0 Å². The number of amides is 1. The van der Waals surface area contributed by atoms with Crippen molar-refractivity contribution < 1.29 is 9.53 Å². The van der Waals surface area contributed by atoms with Gasteiger partial charge in [0.05, 0.1) is 18.8 Å². The van der Waals surface area contributed by atoms with Crippen LogP contribution in [0.4, 0.5) is 0 Å². The van der Waals surface area contributed by atoms with Gasteiger partial charge in [-0.1, -0.05) is 26.2 Å². The summed E-state index contributed by atoms with van der Waals surface area (Å²) >= 11 is 0. The molecule has 2 rings (SSSR count). The van der Waals surface area contributed by atoms with Gasteiger partial charge in [-0.05, 0) is 19.8 Å². The van der Waals surface area contributed by atoms with Crippen molar-refractivity contribution in [1.82, 2.24) is 4.90 Å². The first-order valence-corrected chi connectivity index (χ1v) is 7.19. The maximum Gasteiger partial charge on any atom is 0.228 e. The summed E-state index contributed by atoms with van der Waals surface area (Å²) in [5.74, 6) is 0.316. The predicted octanol–water partition coefficient (Wildman–Crippen LogP) is 1.53. The first kappa shape index (κ1) is 13.8. The largest absolute Gasteiger partial charge is 0.373 e. The quantitative estimate of drug-likeness (QED) is 0.813. The minimum Gasteiger partial charge on any atom is -0.373 e. The number of carbonyl (C=O) groups excluding carboxylic acids is 1. The zero-order valence-electron chi connectivity index (χ0n) is 11.7. The van der Waals surface area contributed by atoms with Crippen LogP contribution in [0.3, 0.4) is 0 Å². The zero-order valence-corrected chi connectivity index (χ0v) is 11.7. The highest BCUT2D eigenvalue weighted by Crippen LogP contribution is 2.38. The molecule has 1 saturated heterocycles. The Bertz CT molecular complexity index is 300. The second-order valence-corrected chi connectivity index (χ2v) is 6.12. The summed E-state index contributed by atoms with van der Waals surface area (Å²) < 4.78 is 5.62. The van der Waals surface area contributed by atoms with Crippen LogP contribution in [0.1, 0.15) is 46.0 Å². The minimum absolute atomic E-state index is 0.0114. The first-order chi connectivity index (χ1) is 8.57. The van der Waals surface area contributed by atoms with E-state index in [1.807, 2.05) is 4.90 Å². The van der Waals surface area contributed by atoms with Crippen LogP contribution in [-0.2, 0) is 9.53 Å². The van der Waals surface area contributed by atoms with Crippen LogP contribution in [0.5, 0.6) is 0 Å². The van der Waals surface area contributed by atoms with Gasteiger partial charge < -0.3 is 15.4 Å². The summed E-state index contributed by atoms with van der Waals surface area (Å²) in [6.07, 6.45) is 5.71. The summed E-state index contributed by atoms with van der Waals surface area (Å²) in [6, 6.07) is 0.180. The molecule has 2 unspecified atom stereocenters. The Balaban J connectivity index is 2.06. The molecule has 1 aliphatic heterocycles. The Morgan fingerprint density at radius 2 is 2.06 bits per heavy atom. The SMILES string of the molecule is CC1COC(CN)CN1C(=O)C1(C)CCCCC1. The fourth-order valence-electron chi connectivity index (χ4n) is 3.14. The van der Waals surface area contributed by atoms with Gasteiger partial charge >= 0.3 is 0 Å². The molecule has 0 bridgehead atoms. The van der Waals surface area contributed by atoms with E-state index in [4.69, 9.17) is 10.5 Å². The topological polar surface area (TPSA) is 55.6 Å². The molecule has 104 valence electrons. The highest BCUT2D eigenvalue weighted by molar-refractivity contribution is 5.82. The number of hydrogen-bond donors (Lipinski definition) is 1. The van der Waals surface area contributed by atoms with E-state index in [1.165, 1.54) is 19.3 Å². The molecule has 4 nitrogen and oxygen atoms in total. The molecule has 2 fully saturated rings. The Kier molecular flexibility index (Phi) is 4.28. The molecule has 1 saturated carbocycles. The summed E-state index contributed by atoms with van der Waals surface area (Å²) in [4.78, 5) is 14.8. The van der Waals surface area contributed by atoms with Crippen molar-refractivity contribution in [3.8, 4) is 0 Å². The predicted molar refractivity (Wildman–Crippen MR) is 71.2 cm³/mol. The third-order valence-corrected chi connectivity index (χ3v) is 4.50. The number of morpholine rings is 1. The lowest BCUT2D eigenvalue weighted by atomic mass is 9.74. The van der Waals surface area contributed by atoms with E-state index in [2.05, 4.69) is 13.8 Å². The third kappa shape index (κ3) is 2.69. The Hall–Kier alpha value is -0.610. The van der Waals surface area contributed by atoms with E-state index in [0.29, 0.717) is 25.6 Å². The van der Waals surface area contributed by atoms with Crippen LogP contribution in [0.15, 0.2) is 0 Å². The standard InChI is InChI=1S/C14H26N2O2/c1-11-10-18-12(8-15)9-16(11)13(17)14(2)6-4-3-5-7-14/h11-12H,3-10,15H2,1-2H3. The monoisotopic (exact) mass is 254 g/mol. The van der Waals surface area contributed by atoms with E-state index in [-0.39, 0.29) is 17.6 Å². The van der Waals surface area contributed by atoms with E-state index in [0.717, 1.165) is 12.8 Å². The van der Waals surface area contributed by atoms with Gasteiger partial charge in [0, 0.05) is 18.5 Å². The van der Waals surface area contributed by atoms with Crippen molar-refractivity contribution in [3.63, 3.8) is 0 Å². The van der Waals surface area contributed by atoms with Gasteiger partial charge in [-0.15, -0.1) is 0 Å². The van der Waals surface area contributed by atoms with Crippen molar-refractivity contribution in [2.45, 2.75) is 58.1 Å². The van der Waals surface area contributed by atoms with Crippen molar-refractivity contribution in [2.24, 2.45) is 11.1 Å². The van der Waals surface area contributed by atoms with Crippen LogP contribution < -0.4 is 5.73 Å². The molecule has 0 aromatic heterocycles. The number of carbonyl (C=O) groups is 1. The number of ether oxygens (including phenoxy) is 1. The van der Waals surface area contributed by atoms with Gasteiger partial charge in [-0.2, -0.15) is 0 Å². The van der Waals surface area contributed by atoms with Crippen LogP contribution >= 0.6 is 0 Å². The molecular weight excluding hydrogens is 228 g/mol. The molecule has 1 heterocycles. The summed E-state index contributed by atoms with van der Waals surface area (Å²) in [6.45, 7) is 5.97. The average Bonchev–Trinajstić information content (AvgIpc) is 2.39. The number of rotatable bonds is 2. The van der Waals surface area contributed by atoms with Gasteiger partial charge in [0.2, 0.25) is 5.91 Å². The van der Waals surface area contributed by atoms with Crippen LogP contribution in [0.2, 0.25) is 0 Å². The second kappa shape index (κ2) is 5.57. The Morgan fingerprint density at radius 3 is 2.67 bits per heavy atom. The van der Waals surface area contributed by atoms with Crippen molar-refractivity contribution in [1.29, 1.82) is 0 Å². The van der Waals surface area contributed by atoms with Crippen molar-refractivity contribution in [2.75, 3.05) is 19.7 Å².